The third-order valence-electron chi connectivity index (χ3n) is 5.20. The van der Waals surface area contributed by atoms with Crippen LogP contribution in [0, 0.1) is 5.92 Å². The van der Waals surface area contributed by atoms with Crippen LogP contribution in [0.1, 0.15) is 57.8 Å². The van der Waals surface area contributed by atoms with Gasteiger partial charge in [-0.2, -0.15) is 0 Å². The molecule has 3 rings (SSSR count). The normalized spacial score (nSPS) is 35.8. The first kappa shape index (κ1) is 14.3. The Hall–Kier alpha value is -0.610. The highest BCUT2D eigenvalue weighted by Crippen LogP contribution is 2.32. The molecule has 4 heteroatoms. The molecule has 20 heavy (non-hydrogen) atoms. The highest BCUT2D eigenvalue weighted by Gasteiger charge is 2.36. The van der Waals surface area contributed by atoms with E-state index in [9.17, 15) is 9.90 Å². The van der Waals surface area contributed by atoms with Crippen molar-refractivity contribution in [3.8, 4) is 0 Å². The first-order chi connectivity index (χ1) is 9.74. The number of aliphatic hydroxyl groups is 1. The molecule has 0 aromatic heterocycles. The minimum Gasteiger partial charge on any atom is -0.389 e. The summed E-state index contributed by atoms with van der Waals surface area (Å²) in [6.45, 7) is 2.23. The Morgan fingerprint density at radius 2 is 1.75 bits per heavy atom. The van der Waals surface area contributed by atoms with Gasteiger partial charge < -0.3 is 10.4 Å². The highest BCUT2D eigenvalue weighted by atomic mass is 16.3. The second-order valence-electron chi connectivity index (χ2n) is 6.91. The van der Waals surface area contributed by atoms with Crippen LogP contribution >= 0.6 is 0 Å². The van der Waals surface area contributed by atoms with E-state index in [0.29, 0.717) is 12.3 Å². The van der Waals surface area contributed by atoms with Crippen molar-refractivity contribution in [2.45, 2.75) is 76.0 Å². The molecular weight excluding hydrogens is 252 g/mol. The smallest absolute Gasteiger partial charge is 0.220 e. The Morgan fingerprint density at radius 3 is 2.45 bits per heavy atom. The molecule has 0 spiro atoms. The van der Waals surface area contributed by atoms with Crippen LogP contribution < -0.4 is 5.32 Å². The van der Waals surface area contributed by atoms with Crippen LogP contribution in [-0.4, -0.2) is 47.2 Å². The highest BCUT2D eigenvalue weighted by molar-refractivity contribution is 5.76. The van der Waals surface area contributed by atoms with Crippen molar-refractivity contribution in [3.05, 3.63) is 0 Å². The van der Waals surface area contributed by atoms with E-state index in [1.54, 1.807) is 0 Å². The van der Waals surface area contributed by atoms with E-state index in [0.717, 1.165) is 32.4 Å². The topological polar surface area (TPSA) is 52.6 Å². The van der Waals surface area contributed by atoms with Crippen molar-refractivity contribution in [3.63, 3.8) is 0 Å². The van der Waals surface area contributed by atoms with Crippen LogP contribution in [0.5, 0.6) is 0 Å². The average molecular weight is 280 g/mol. The number of carbonyl (C=O) groups is 1. The summed E-state index contributed by atoms with van der Waals surface area (Å²) in [6.07, 6.45) is 9.50. The Bertz CT molecular complexity index is 337. The largest absolute Gasteiger partial charge is 0.389 e. The Morgan fingerprint density at radius 1 is 1.05 bits per heavy atom. The molecule has 1 aliphatic heterocycles. The van der Waals surface area contributed by atoms with Gasteiger partial charge in [-0.1, -0.05) is 12.8 Å². The lowest BCUT2D eigenvalue weighted by molar-refractivity contribution is -0.123. The van der Waals surface area contributed by atoms with Gasteiger partial charge in [0.25, 0.3) is 0 Å². The number of hydrogen-bond acceptors (Lipinski definition) is 3. The molecule has 1 amide bonds. The average Bonchev–Trinajstić information content (AvgIpc) is 3.11. The van der Waals surface area contributed by atoms with Gasteiger partial charge in [0.05, 0.1) is 12.1 Å². The number of aliphatic hydroxyl groups excluding tert-OH is 1. The molecule has 3 atom stereocenters. The van der Waals surface area contributed by atoms with Crippen LogP contribution in [-0.2, 0) is 4.79 Å². The van der Waals surface area contributed by atoms with E-state index in [1.165, 1.54) is 32.1 Å². The molecule has 0 unspecified atom stereocenters. The number of hydrogen-bond donors (Lipinski definition) is 2. The minimum absolute atomic E-state index is 0.0330. The van der Waals surface area contributed by atoms with E-state index in [1.807, 2.05) is 0 Å². The second kappa shape index (κ2) is 6.44. The van der Waals surface area contributed by atoms with Crippen LogP contribution in [0.2, 0.25) is 0 Å². The molecule has 1 heterocycles. The van der Waals surface area contributed by atoms with Gasteiger partial charge in [-0.05, 0) is 57.5 Å². The zero-order chi connectivity index (χ0) is 13.9. The van der Waals surface area contributed by atoms with Crippen molar-refractivity contribution in [1.82, 2.24) is 10.2 Å². The number of carbonyl (C=O) groups excluding carboxylic acids is 1. The van der Waals surface area contributed by atoms with E-state index >= 15 is 0 Å². The van der Waals surface area contributed by atoms with Crippen molar-refractivity contribution in [2.24, 2.45) is 5.92 Å². The summed E-state index contributed by atoms with van der Waals surface area (Å²) in [5.41, 5.74) is 0. The van der Waals surface area contributed by atoms with Gasteiger partial charge in [0, 0.05) is 12.5 Å². The lowest BCUT2D eigenvalue weighted by Gasteiger charge is -2.34. The molecule has 0 aromatic rings. The molecule has 0 bridgehead atoms. The third-order valence-corrected chi connectivity index (χ3v) is 5.20. The molecule has 1 saturated heterocycles. The summed E-state index contributed by atoms with van der Waals surface area (Å²) < 4.78 is 0. The minimum atomic E-state index is -0.390. The fraction of sp³-hybridized carbons (Fsp3) is 0.938. The van der Waals surface area contributed by atoms with Crippen LogP contribution in [0.3, 0.4) is 0 Å². The van der Waals surface area contributed by atoms with Gasteiger partial charge in [0.2, 0.25) is 5.91 Å². The summed E-state index contributed by atoms with van der Waals surface area (Å²) >= 11 is 0. The number of rotatable bonds is 4. The maximum atomic E-state index is 12.0. The molecule has 3 aliphatic rings. The van der Waals surface area contributed by atoms with E-state index in [2.05, 4.69) is 10.2 Å². The fourth-order valence-corrected chi connectivity index (χ4v) is 3.81. The summed E-state index contributed by atoms with van der Waals surface area (Å²) in [5.74, 6) is 0.769. The van der Waals surface area contributed by atoms with Gasteiger partial charge in [-0.15, -0.1) is 0 Å². The molecule has 2 N–H and O–H groups in total. The summed E-state index contributed by atoms with van der Waals surface area (Å²) in [6, 6.07) is 0.223. The Balaban J connectivity index is 1.57. The maximum absolute atomic E-state index is 12.0. The molecule has 3 fully saturated rings. The van der Waals surface area contributed by atoms with Crippen LogP contribution in [0.15, 0.2) is 0 Å². The molecule has 4 nitrogen and oxygen atoms in total. The van der Waals surface area contributed by atoms with Gasteiger partial charge >= 0.3 is 0 Å². The van der Waals surface area contributed by atoms with Crippen LogP contribution in [0.25, 0.3) is 0 Å². The summed E-state index contributed by atoms with van der Waals surface area (Å²) in [5, 5.41) is 13.8. The molecule has 114 valence electrons. The molecule has 2 aliphatic carbocycles. The third kappa shape index (κ3) is 3.53. The monoisotopic (exact) mass is 280 g/mol. The van der Waals surface area contributed by atoms with E-state index in [-0.39, 0.29) is 18.0 Å². The molecule has 0 radical (unpaired) electrons. The predicted octanol–water partition coefficient (Wildman–Crippen LogP) is 1.67. The van der Waals surface area contributed by atoms with E-state index in [4.69, 9.17) is 0 Å². The number of nitrogens with one attached hydrogen (secondary N) is 1. The van der Waals surface area contributed by atoms with Crippen molar-refractivity contribution >= 4 is 5.91 Å². The number of nitrogens with zero attached hydrogens (tertiary/aromatic N) is 1. The van der Waals surface area contributed by atoms with Gasteiger partial charge in [0.15, 0.2) is 0 Å². The summed E-state index contributed by atoms with van der Waals surface area (Å²) in [7, 11) is 0. The van der Waals surface area contributed by atoms with Crippen molar-refractivity contribution in [1.29, 1.82) is 0 Å². The number of likely N-dealkylation sites (tertiary alicyclic amines) is 1. The van der Waals surface area contributed by atoms with Crippen molar-refractivity contribution < 1.29 is 9.90 Å². The molecular formula is C16H28N2O2. The molecule has 0 aromatic carbocycles. The van der Waals surface area contributed by atoms with Gasteiger partial charge in [0.1, 0.15) is 0 Å². The van der Waals surface area contributed by atoms with E-state index < -0.39 is 6.10 Å². The first-order valence-electron chi connectivity index (χ1n) is 8.45. The van der Waals surface area contributed by atoms with Gasteiger partial charge in [-0.25, -0.2) is 0 Å². The Labute approximate surface area is 121 Å². The van der Waals surface area contributed by atoms with Crippen LogP contribution in [0.4, 0.5) is 0 Å². The molecule has 2 saturated carbocycles. The lowest BCUT2D eigenvalue weighted by atomic mass is 10.00. The Kier molecular flexibility index (Phi) is 4.61. The standard InChI is InChI=1S/C16H28N2O2/c19-15(11-12-7-8-12)17-13-5-1-2-6-14(16(13)20)18-9-3-4-10-18/h12-14,16,20H,1-11H2,(H,17,19)/t13-,14-,16-/m1/s1. The van der Waals surface area contributed by atoms with Crippen molar-refractivity contribution in [2.75, 3.05) is 13.1 Å². The van der Waals surface area contributed by atoms with Gasteiger partial charge in [-0.3, -0.25) is 9.69 Å². The maximum Gasteiger partial charge on any atom is 0.220 e. The fourth-order valence-electron chi connectivity index (χ4n) is 3.81. The summed E-state index contributed by atoms with van der Waals surface area (Å²) in [4.78, 5) is 14.5. The lowest BCUT2D eigenvalue weighted by Crippen LogP contribution is -2.52. The first-order valence-corrected chi connectivity index (χ1v) is 8.45. The predicted molar refractivity (Wildman–Crippen MR) is 78.3 cm³/mol. The quantitative estimate of drug-likeness (QED) is 0.770. The zero-order valence-corrected chi connectivity index (χ0v) is 12.4. The number of amides is 1. The SMILES string of the molecule is O=C(CC1CC1)N[C@@H]1CCCC[C@@H](N2CCCC2)[C@@H]1O. The second-order valence-corrected chi connectivity index (χ2v) is 6.91. The zero-order valence-electron chi connectivity index (χ0n) is 12.4.